The van der Waals surface area contributed by atoms with Gasteiger partial charge in [-0.05, 0) is 44.0 Å². The van der Waals surface area contributed by atoms with Gasteiger partial charge < -0.3 is 15.4 Å². The first kappa shape index (κ1) is 25.8. The second-order valence-electron chi connectivity index (χ2n) is 6.08. The summed E-state index contributed by atoms with van der Waals surface area (Å²) in [5.41, 5.74) is 1.26. The number of halogens is 4. The standard InChI is InChI=1S/C18H29F3N4O.HI/c1-22-17(24-12-13-25(2)14-18(19,20)21)23-11-5-4-6-15-7-9-16(26-3)10-8-15;/h7-10H,4-6,11-14H2,1-3H3,(H2,22,23,24);1H. The van der Waals surface area contributed by atoms with Gasteiger partial charge in [-0.15, -0.1) is 24.0 Å². The predicted octanol–water partition coefficient (Wildman–Crippen LogP) is 3.30. The van der Waals surface area contributed by atoms with E-state index in [2.05, 4.69) is 27.8 Å². The van der Waals surface area contributed by atoms with Crippen LogP contribution in [0.2, 0.25) is 0 Å². The van der Waals surface area contributed by atoms with Crippen LogP contribution in [0.25, 0.3) is 0 Å². The highest BCUT2D eigenvalue weighted by Gasteiger charge is 2.28. The summed E-state index contributed by atoms with van der Waals surface area (Å²) in [6.07, 6.45) is -1.18. The average molecular weight is 502 g/mol. The second-order valence-corrected chi connectivity index (χ2v) is 6.08. The Morgan fingerprint density at radius 1 is 1.11 bits per heavy atom. The molecule has 0 amide bonds. The number of alkyl halides is 3. The summed E-state index contributed by atoms with van der Waals surface area (Å²) >= 11 is 0. The first-order valence-corrected chi connectivity index (χ1v) is 8.67. The van der Waals surface area contributed by atoms with Crippen LogP contribution in [0.3, 0.4) is 0 Å². The van der Waals surface area contributed by atoms with Crippen LogP contribution < -0.4 is 15.4 Å². The number of likely N-dealkylation sites (N-methyl/N-ethyl adjacent to an activating group) is 1. The third-order valence-corrected chi connectivity index (χ3v) is 3.80. The minimum absolute atomic E-state index is 0. The van der Waals surface area contributed by atoms with E-state index < -0.39 is 12.7 Å². The predicted molar refractivity (Wildman–Crippen MR) is 114 cm³/mol. The Kier molecular flexibility index (Phi) is 13.2. The van der Waals surface area contributed by atoms with E-state index in [1.165, 1.54) is 17.5 Å². The fourth-order valence-electron chi connectivity index (χ4n) is 2.42. The smallest absolute Gasteiger partial charge is 0.401 e. The van der Waals surface area contributed by atoms with E-state index in [0.717, 1.165) is 31.6 Å². The van der Waals surface area contributed by atoms with Gasteiger partial charge in [-0.2, -0.15) is 13.2 Å². The molecule has 0 aliphatic carbocycles. The molecule has 0 atom stereocenters. The van der Waals surface area contributed by atoms with Gasteiger partial charge in [0.05, 0.1) is 13.7 Å². The maximum Gasteiger partial charge on any atom is 0.401 e. The minimum atomic E-state index is -4.17. The molecular formula is C18H30F3IN4O. The number of rotatable bonds is 10. The number of aryl methyl sites for hydroxylation is 1. The van der Waals surface area contributed by atoms with Crippen molar-refractivity contribution in [3.63, 3.8) is 0 Å². The number of benzene rings is 1. The van der Waals surface area contributed by atoms with Crippen LogP contribution >= 0.6 is 24.0 Å². The molecule has 0 saturated carbocycles. The SMILES string of the molecule is CN=C(NCCCCc1ccc(OC)cc1)NCCN(C)CC(F)(F)F.I. The van der Waals surface area contributed by atoms with Gasteiger partial charge in [-0.3, -0.25) is 9.89 Å². The molecule has 2 N–H and O–H groups in total. The van der Waals surface area contributed by atoms with E-state index in [0.29, 0.717) is 12.5 Å². The van der Waals surface area contributed by atoms with E-state index in [-0.39, 0.29) is 30.5 Å². The topological polar surface area (TPSA) is 48.9 Å². The van der Waals surface area contributed by atoms with E-state index in [1.807, 2.05) is 12.1 Å². The molecule has 0 aliphatic rings. The summed E-state index contributed by atoms with van der Waals surface area (Å²) in [6, 6.07) is 8.03. The molecule has 0 radical (unpaired) electrons. The van der Waals surface area contributed by atoms with E-state index in [9.17, 15) is 13.2 Å². The third kappa shape index (κ3) is 12.7. The number of aliphatic imine (C=N–C) groups is 1. The zero-order chi connectivity index (χ0) is 19.4. The van der Waals surface area contributed by atoms with Crippen molar-refractivity contribution in [1.82, 2.24) is 15.5 Å². The number of nitrogens with zero attached hydrogens (tertiary/aromatic N) is 2. The lowest BCUT2D eigenvalue weighted by Gasteiger charge is -2.19. The Hall–Kier alpha value is -1.23. The quantitative estimate of drug-likeness (QED) is 0.223. The molecule has 5 nitrogen and oxygen atoms in total. The number of methoxy groups -OCH3 is 1. The third-order valence-electron chi connectivity index (χ3n) is 3.80. The van der Waals surface area contributed by atoms with Crippen molar-refractivity contribution in [2.24, 2.45) is 4.99 Å². The molecule has 0 aliphatic heterocycles. The van der Waals surface area contributed by atoms with E-state index >= 15 is 0 Å². The first-order chi connectivity index (χ1) is 12.3. The maximum absolute atomic E-state index is 12.3. The summed E-state index contributed by atoms with van der Waals surface area (Å²) < 4.78 is 41.9. The van der Waals surface area contributed by atoms with Crippen molar-refractivity contribution >= 4 is 29.9 Å². The van der Waals surface area contributed by atoms with Gasteiger partial charge in [0.1, 0.15) is 5.75 Å². The van der Waals surface area contributed by atoms with Crippen molar-refractivity contribution < 1.29 is 17.9 Å². The Morgan fingerprint density at radius 2 is 1.74 bits per heavy atom. The lowest BCUT2D eigenvalue weighted by atomic mass is 10.1. The minimum Gasteiger partial charge on any atom is -0.497 e. The molecule has 0 bridgehead atoms. The number of unbranched alkanes of at least 4 members (excludes halogenated alkanes) is 1. The fourth-order valence-corrected chi connectivity index (χ4v) is 2.42. The van der Waals surface area contributed by atoms with Crippen molar-refractivity contribution in [2.45, 2.75) is 25.4 Å². The molecule has 0 fully saturated rings. The lowest BCUT2D eigenvalue weighted by molar-refractivity contribution is -0.142. The highest BCUT2D eigenvalue weighted by atomic mass is 127. The summed E-state index contributed by atoms with van der Waals surface area (Å²) in [5, 5.41) is 6.20. The van der Waals surface area contributed by atoms with Gasteiger partial charge >= 0.3 is 6.18 Å². The Morgan fingerprint density at radius 3 is 2.30 bits per heavy atom. The van der Waals surface area contributed by atoms with E-state index in [4.69, 9.17) is 4.74 Å². The monoisotopic (exact) mass is 502 g/mol. The van der Waals surface area contributed by atoms with Crippen molar-refractivity contribution in [1.29, 1.82) is 0 Å². The Balaban J connectivity index is 0.00000676. The summed E-state index contributed by atoms with van der Waals surface area (Å²) in [7, 11) is 4.74. The largest absolute Gasteiger partial charge is 0.497 e. The Bertz CT molecular complexity index is 538. The van der Waals surface area contributed by atoms with Crippen LogP contribution in [0, 0.1) is 0 Å². The average Bonchev–Trinajstić information content (AvgIpc) is 2.59. The number of nitrogens with one attached hydrogen (secondary N) is 2. The summed E-state index contributed by atoms with van der Waals surface area (Å²) in [4.78, 5) is 5.31. The molecule has 0 heterocycles. The molecule has 1 aromatic carbocycles. The van der Waals surface area contributed by atoms with Gasteiger partial charge in [-0.1, -0.05) is 12.1 Å². The normalized spacial score (nSPS) is 11.9. The second kappa shape index (κ2) is 13.9. The molecular weight excluding hydrogens is 472 g/mol. The maximum atomic E-state index is 12.3. The molecule has 1 rings (SSSR count). The van der Waals surface area contributed by atoms with Crippen LogP contribution in [-0.4, -0.2) is 64.4 Å². The van der Waals surface area contributed by atoms with Crippen LogP contribution in [0.4, 0.5) is 13.2 Å². The van der Waals surface area contributed by atoms with Gasteiger partial charge in [0.25, 0.3) is 0 Å². The van der Waals surface area contributed by atoms with Crippen LogP contribution in [0.1, 0.15) is 18.4 Å². The molecule has 1 aromatic rings. The number of guanidine groups is 1. The van der Waals surface area contributed by atoms with Crippen molar-refractivity contribution in [3.05, 3.63) is 29.8 Å². The molecule has 0 saturated heterocycles. The molecule has 9 heteroatoms. The zero-order valence-corrected chi connectivity index (χ0v) is 18.4. The Labute approximate surface area is 176 Å². The summed E-state index contributed by atoms with van der Waals surface area (Å²) in [5.74, 6) is 1.46. The van der Waals surface area contributed by atoms with E-state index in [1.54, 1.807) is 14.2 Å². The van der Waals surface area contributed by atoms with Gasteiger partial charge in [-0.25, -0.2) is 0 Å². The van der Waals surface area contributed by atoms with Crippen LogP contribution in [0.15, 0.2) is 29.3 Å². The van der Waals surface area contributed by atoms with Crippen LogP contribution in [0.5, 0.6) is 5.75 Å². The lowest BCUT2D eigenvalue weighted by Crippen LogP contribution is -2.42. The highest BCUT2D eigenvalue weighted by Crippen LogP contribution is 2.15. The molecule has 156 valence electrons. The number of ether oxygens (including phenoxy) is 1. The summed E-state index contributed by atoms with van der Waals surface area (Å²) in [6.45, 7) is 0.538. The van der Waals surface area contributed by atoms with Gasteiger partial charge in [0.2, 0.25) is 0 Å². The number of hydrogen-bond donors (Lipinski definition) is 2. The van der Waals surface area contributed by atoms with Gasteiger partial charge in [0.15, 0.2) is 5.96 Å². The molecule has 0 spiro atoms. The molecule has 0 aromatic heterocycles. The zero-order valence-electron chi connectivity index (χ0n) is 16.1. The fraction of sp³-hybridized carbons (Fsp3) is 0.611. The molecule has 0 unspecified atom stereocenters. The first-order valence-electron chi connectivity index (χ1n) is 8.67. The highest BCUT2D eigenvalue weighted by molar-refractivity contribution is 14.0. The van der Waals surface area contributed by atoms with Gasteiger partial charge in [0, 0.05) is 26.7 Å². The van der Waals surface area contributed by atoms with Crippen molar-refractivity contribution in [3.8, 4) is 5.75 Å². The number of hydrogen-bond acceptors (Lipinski definition) is 3. The van der Waals surface area contributed by atoms with Crippen LogP contribution in [-0.2, 0) is 6.42 Å². The van der Waals surface area contributed by atoms with Crippen molar-refractivity contribution in [2.75, 3.05) is 47.4 Å². The molecule has 27 heavy (non-hydrogen) atoms.